The molecular formula is C18H20N4O3. The highest BCUT2D eigenvalue weighted by molar-refractivity contribution is 5.77. The number of piperazine rings is 1. The van der Waals surface area contributed by atoms with Crippen molar-refractivity contribution in [1.82, 2.24) is 9.88 Å². The Kier molecular flexibility index (Phi) is 5.23. The highest BCUT2D eigenvalue weighted by Gasteiger charge is 2.25. The molecule has 0 bridgehead atoms. The average Bonchev–Trinajstić information content (AvgIpc) is 2.67. The Hall–Kier alpha value is -2.96. The lowest BCUT2D eigenvalue weighted by Crippen LogP contribution is -2.49. The molecule has 3 rings (SSSR count). The first kappa shape index (κ1) is 16.9. The Morgan fingerprint density at radius 2 is 1.88 bits per heavy atom. The molecule has 7 nitrogen and oxygen atoms in total. The number of anilines is 1. The van der Waals surface area contributed by atoms with Gasteiger partial charge in [-0.1, -0.05) is 18.2 Å². The van der Waals surface area contributed by atoms with Crippen molar-refractivity contribution in [3.63, 3.8) is 0 Å². The maximum atomic E-state index is 12.4. The van der Waals surface area contributed by atoms with Crippen molar-refractivity contribution in [3.05, 3.63) is 64.5 Å². The van der Waals surface area contributed by atoms with Crippen LogP contribution in [0.3, 0.4) is 0 Å². The van der Waals surface area contributed by atoms with Gasteiger partial charge in [0.1, 0.15) is 5.69 Å². The van der Waals surface area contributed by atoms with E-state index < -0.39 is 0 Å². The number of aryl methyl sites for hydroxylation is 1. The summed E-state index contributed by atoms with van der Waals surface area (Å²) in [7, 11) is 0. The monoisotopic (exact) mass is 340 g/mol. The fraction of sp³-hybridized carbons (Fsp3) is 0.333. The van der Waals surface area contributed by atoms with Gasteiger partial charge in [0.15, 0.2) is 0 Å². The number of aromatic nitrogens is 1. The molecule has 1 aliphatic heterocycles. The molecule has 7 heteroatoms. The molecule has 0 radical (unpaired) electrons. The number of rotatable bonds is 5. The number of para-hydroxylation sites is 2. The average molecular weight is 340 g/mol. The summed E-state index contributed by atoms with van der Waals surface area (Å²) in [6.07, 6.45) is 4.63. The van der Waals surface area contributed by atoms with E-state index in [4.69, 9.17) is 0 Å². The molecule has 0 aliphatic carbocycles. The van der Waals surface area contributed by atoms with Crippen LogP contribution in [-0.2, 0) is 11.2 Å². The number of benzene rings is 1. The zero-order valence-electron chi connectivity index (χ0n) is 13.9. The first-order chi connectivity index (χ1) is 12.1. The van der Waals surface area contributed by atoms with Gasteiger partial charge in [-0.3, -0.25) is 19.9 Å². The van der Waals surface area contributed by atoms with E-state index in [1.165, 1.54) is 6.07 Å². The van der Waals surface area contributed by atoms with E-state index in [1.54, 1.807) is 30.6 Å². The topological polar surface area (TPSA) is 79.6 Å². The quantitative estimate of drug-likeness (QED) is 0.616. The first-order valence-corrected chi connectivity index (χ1v) is 8.30. The third-order valence-corrected chi connectivity index (χ3v) is 4.40. The fourth-order valence-corrected chi connectivity index (χ4v) is 3.04. The maximum Gasteiger partial charge on any atom is 0.292 e. The minimum atomic E-state index is -0.360. The lowest BCUT2D eigenvalue weighted by Gasteiger charge is -2.35. The smallest absolute Gasteiger partial charge is 0.292 e. The Balaban J connectivity index is 1.55. The summed E-state index contributed by atoms with van der Waals surface area (Å²) in [5.74, 6) is 0.117. The van der Waals surface area contributed by atoms with Gasteiger partial charge >= 0.3 is 0 Å². The van der Waals surface area contributed by atoms with Gasteiger partial charge in [0.2, 0.25) is 5.91 Å². The van der Waals surface area contributed by atoms with Crippen LogP contribution in [-0.4, -0.2) is 46.9 Å². The lowest BCUT2D eigenvalue weighted by molar-refractivity contribution is -0.384. The summed E-state index contributed by atoms with van der Waals surface area (Å²) in [4.78, 5) is 31.0. The van der Waals surface area contributed by atoms with Crippen LogP contribution in [0.2, 0.25) is 0 Å². The number of pyridine rings is 1. The number of nitro benzene ring substituents is 1. The fourth-order valence-electron chi connectivity index (χ4n) is 3.04. The van der Waals surface area contributed by atoms with Gasteiger partial charge in [-0.25, -0.2) is 0 Å². The third-order valence-electron chi connectivity index (χ3n) is 4.40. The van der Waals surface area contributed by atoms with Crippen molar-refractivity contribution in [2.75, 3.05) is 31.1 Å². The molecule has 0 atom stereocenters. The van der Waals surface area contributed by atoms with E-state index in [2.05, 4.69) is 4.98 Å². The largest absolute Gasteiger partial charge is 0.362 e. The zero-order valence-corrected chi connectivity index (χ0v) is 13.9. The number of nitrogens with zero attached hydrogens (tertiary/aromatic N) is 4. The predicted molar refractivity (Wildman–Crippen MR) is 94.4 cm³/mol. The molecular weight excluding hydrogens is 320 g/mol. The normalized spacial score (nSPS) is 14.4. The number of hydrogen-bond acceptors (Lipinski definition) is 5. The summed E-state index contributed by atoms with van der Waals surface area (Å²) in [5, 5.41) is 11.2. The van der Waals surface area contributed by atoms with Crippen LogP contribution in [0.4, 0.5) is 11.4 Å². The van der Waals surface area contributed by atoms with Crippen LogP contribution in [0.5, 0.6) is 0 Å². The van der Waals surface area contributed by atoms with E-state index in [0.717, 1.165) is 5.56 Å². The molecule has 1 amide bonds. The third kappa shape index (κ3) is 4.12. The maximum absolute atomic E-state index is 12.4. The van der Waals surface area contributed by atoms with Crippen LogP contribution in [0, 0.1) is 10.1 Å². The van der Waals surface area contributed by atoms with Gasteiger partial charge < -0.3 is 9.80 Å². The second-order valence-corrected chi connectivity index (χ2v) is 5.97. The standard InChI is InChI=1S/C18H20N4O3/c23-18(8-7-15-4-3-9-19-14-15)21-12-10-20(11-13-21)16-5-1-2-6-17(16)22(24)25/h1-6,9,14H,7-8,10-13H2. The number of carbonyl (C=O) groups is 1. The Morgan fingerprint density at radius 1 is 1.12 bits per heavy atom. The summed E-state index contributed by atoms with van der Waals surface area (Å²) in [5.41, 5.74) is 1.78. The lowest BCUT2D eigenvalue weighted by atomic mass is 10.1. The molecule has 0 spiro atoms. The molecule has 0 N–H and O–H groups in total. The second kappa shape index (κ2) is 7.74. The van der Waals surface area contributed by atoms with Gasteiger partial charge in [0.25, 0.3) is 5.69 Å². The number of nitro groups is 1. The van der Waals surface area contributed by atoms with E-state index in [1.807, 2.05) is 21.9 Å². The van der Waals surface area contributed by atoms with Crippen molar-refractivity contribution in [2.24, 2.45) is 0 Å². The molecule has 1 aromatic carbocycles. The molecule has 25 heavy (non-hydrogen) atoms. The molecule has 1 fully saturated rings. The number of amides is 1. The highest BCUT2D eigenvalue weighted by atomic mass is 16.6. The second-order valence-electron chi connectivity index (χ2n) is 5.97. The highest BCUT2D eigenvalue weighted by Crippen LogP contribution is 2.28. The van der Waals surface area contributed by atoms with E-state index in [0.29, 0.717) is 44.7 Å². The van der Waals surface area contributed by atoms with Crippen LogP contribution in [0.1, 0.15) is 12.0 Å². The molecule has 0 saturated carbocycles. The van der Waals surface area contributed by atoms with Crippen LogP contribution < -0.4 is 4.90 Å². The van der Waals surface area contributed by atoms with E-state index in [-0.39, 0.29) is 16.5 Å². The molecule has 0 unspecified atom stereocenters. The SMILES string of the molecule is O=C(CCc1cccnc1)N1CCN(c2ccccc2[N+](=O)[O-])CC1. The Morgan fingerprint density at radius 3 is 2.56 bits per heavy atom. The van der Waals surface area contributed by atoms with Crippen molar-refractivity contribution in [3.8, 4) is 0 Å². The molecule has 1 aromatic heterocycles. The van der Waals surface area contributed by atoms with Gasteiger partial charge in [-0.15, -0.1) is 0 Å². The van der Waals surface area contributed by atoms with E-state index in [9.17, 15) is 14.9 Å². The van der Waals surface area contributed by atoms with Crippen molar-refractivity contribution in [2.45, 2.75) is 12.8 Å². The van der Waals surface area contributed by atoms with Gasteiger partial charge in [0, 0.05) is 51.1 Å². The van der Waals surface area contributed by atoms with E-state index >= 15 is 0 Å². The zero-order chi connectivity index (χ0) is 17.6. The van der Waals surface area contributed by atoms with Crippen molar-refractivity contribution >= 4 is 17.3 Å². The summed E-state index contributed by atoms with van der Waals surface area (Å²) < 4.78 is 0. The van der Waals surface area contributed by atoms with Crippen LogP contribution in [0.25, 0.3) is 0 Å². The Labute approximate surface area is 146 Å². The molecule has 1 saturated heterocycles. The summed E-state index contributed by atoms with van der Waals surface area (Å²) in [6, 6.07) is 10.6. The molecule has 1 aliphatic rings. The first-order valence-electron chi connectivity index (χ1n) is 8.30. The van der Waals surface area contributed by atoms with Gasteiger partial charge in [-0.05, 0) is 24.1 Å². The van der Waals surface area contributed by atoms with Gasteiger partial charge in [0.05, 0.1) is 4.92 Å². The predicted octanol–water partition coefficient (Wildman–Crippen LogP) is 2.27. The minimum Gasteiger partial charge on any atom is -0.362 e. The van der Waals surface area contributed by atoms with Crippen LogP contribution >= 0.6 is 0 Å². The minimum absolute atomic E-state index is 0.110. The van der Waals surface area contributed by atoms with Gasteiger partial charge in [-0.2, -0.15) is 0 Å². The van der Waals surface area contributed by atoms with Crippen LogP contribution in [0.15, 0.2) is 48.8 Å². The summed E-state index contributed by atoms with van der Waals surface area (Å²) in [6.45, 7) is 2.36. The molecule has 2 heterocycles. The number of hydrogen-bond donors (Lipinski definition) is 0. The molecule has 130 valence electrons. The Bertz CT molecular complexity index is 743. The number of carbonyl (C=O) groups excluding carboxylic acids is 1. The molecule has 2 aromatic rings. The van der Waals surface area contributed by atoms with Crippen molar-refractivity contribution in [1.29, 1.82) is 0 Å². The van der Waals surface area contributed by atoms with Crippen molar-refractivity contribution < 1.29 is 9.72 Å². The summed E-state index contributed by atoms with van der Waals surface area (Å²) >= 11 is 0.